The van der Waals surface area contributed by atoms with Crippen LogP contribution in [0.1, 0.15) is 35.8 Å². The number of carbonyl (C=O) groups is 1. The number of anilines is 1. The third-order valence-electron chi connectivity index (χ3n) is 3.73. The maximum absolute atomic E-state index is 12.2. The standard InChI is InChI=1S/C14H14N6OS/c21-13(12-9-22-14(18-12)19-6-2-5-15-19)17-10-7-16-20(8-10)11-3-1-4-11/h2,5-9,11H,1,3-4H2,(H,17,21). The lowest BCUT2D eigenvalue weighted by Gasteiger charge is -2.25. The van der Waals surface area contributed by atoms with E-state index in [1.54, 1.807) is 28.7 Å². The van der Waals surface area contributed by atoms with Crippen molar-refractivity contribution in [2.75, 3.05) is 5.32 Å². The number of nitrogens with one attached hydrogen (secondary N) is 1. The summed E-state index contributed by atoms with van der Waals surface area (Å²) in [5.74, 6) is -0.234. The molecule has 0 aromatic carbocycles. The van der Waals surface area contributed by atoms with Gasteiger partial charge < -0.3 is 5.32 Å². The van der Waals surface area contributed by atoms with Crippen molar-refractivity contribution in [2.45, 2.75) is 25.3 Å². The van der Waals surface area contributed by atoms with Crippen LogP contribution in [0.25, 0.3) is 5.13 Å². The summed E-state index contributed by atoms with van der Waals surface area (Å²) >= 11 is 1.38. The number of hydrogen-bond donors (Lipinski definition) is 1. The zero-order valence-corrected chi connectivity index (χ0v) is 12.5. The molecule has 22 heavy (non-hydrogen) atoms. The fourth-order valence-electron chi connectivity index (χ4n) is 2.30. The Morgan fingerprint density at radius 3 is 3.00 bits per heavy atom. The Bertz CT molecular complexity index is 786. The third kappa shape index (κ3) is 2.41. The lowest BCUT2D eigenvalue weighted by atomic mass is 9.93. The second-order valence-corrected chi connectivity index (χ2v) is 6.05. The summed E-state index contributed by atoms with van der Waals surface area (Å²) in [7, 11) is 0. The Hall–Kier alpha value is -2.48. The van der Waals surface area contributed by atoms with Gasteiger partial charge in [-0.2, -0.15) is 10.2 Å². The highest BCUT2D eigenvalue weighted by molar-refractivity contribution is 7.12. The van der Waals surface area contributed by atoms with Crippen LogP contribution in [-0.4, -0.2) is 30.5 Å². The average Bonchev–Trinajstić information content (AvgIpc) is 3.18. The van der Waals surface area contributed by atoms with Gasteiger partial charge in [0.2, 0.25) is 5.13 Å². The smallest absolute Gasteiger partial charge is 0.275 e. The second-order valence-electron chi connectivity index (χ2n) is 5.21. The maximum Gasteiger partial charge on any atom is 0.275 e. The molecule has 7 nitrogen and oxygen atoms in total. The van der Waals surface area contributed by atoms with Gasteiger partial charge >= 0.3 is 0 Å². The van der Waals surface area contributed by atoms with Crippen LogP contribution in [0.4, 0.5) is 5.69 Å². The molecule has 0 unspecified atom stereocenters. The van der Waals surface area contributed by atoms with E-state index in [1.807, 2.05) is 16.9 Å². The van der Waals surface area contributed by atoms with Crippen LogP contribution in [0.15, 0.2) is 36.2 Å². The molecule has 0 aliphatic heterocycles. The topological polar surface area (TPSA) is 77.6 Å². The van der Waals surface area contributed by atoms with Crippen molar-refractivity contribution in [1.82, 2.24) is 24.5 Å². The van der Waals surface area contributed by atoms with Gasteiger partial charge in [-0.1, -0.05) is 0 Å². The first-order valence-electron chi connectivity index (χ1n) is 7.10. The molecule has 4 rings (SSSR count). The fourth-order valence-corrected chi connectivity index (χ4v) is 3.05. The Labute approximate surface area is 130 Å². The summed E-state index contributed by atoms with van der Waals surface area (Å²) in [6.45, 7) is 0. The van der Waals surface area contributed by atoms with Crippen molar-refractivity contribution in [3.63, 3.8) is 0 Å². The molecule has 1 saturated carbocycles. The van der Waals surface area contributed by atoms with E-state index in [9.17, 15) is 4.79 Å². The number of hydrogen-bond acceptors (Lipinski definition) is 5. The molecular weight excluding hydrogens is 300 g/mol. The summed E-state index contributed by atoms with van der Waals surface area (Å²) in [6, 6.07) is 2.30. The minimum Gasteiger partial charge on any atom is -0.318 e. The summed E-state index contributed by atoms with van der Waals surface area (Å²) in [5.41, 5.74) is 1.08. The van der Waals surface area contributed by atoms with Crippen molar-refractivity contribution in [3.8, 4) is 5.13 Å². The Morgan fingerprint density at radius 2 is 2.27 bits per heavy atom. The number of rotatable bonds is 4. The SMILES string of the molecule is O=C(Nc1cnn(C2CCC2)c1)c1csc(-n2cccn2)n1. The van der Waals surface area contributed by atoms with Crippen LogP contribution in [0.2, 0.25) is 0 Å². The van der Waals surface area contributed by atoms with E-state index in [4.69, 9.17) is 0 Å². The molecule has 1 N–H and O–H groups in total. The average molecular weight is 314 g/mol. The predicted octanol–water partition coefficient (Wildman–Crippen LogP) is 2.50. The molecule has 0 bridgehead atoms. The molecule has 112 valence electrons. The van der Waals surface area contributed by atoms with Gasteiger partial charge in [-0.05, 0) is 25.3 Å². The van der Waals surface area contributed by atoms with Gasteiger partial charge in [0.1, 0.15) is 5.69 Å². The molecule has 0 saturated heterocycles. The molecule has 0 spiro atoms. The molecule has 3 heterocycles. The van der Waals surface area contributed by atoms with Crippen LogP contribution >= 0.6 is 11.3 Å². The lowest BCUT2D eigenvalue weighted by molar-refractivity contribution is 0.102. The summed E-state index contributed by atoms with van der Waals surface area (Å²) in [5, 5.41) is 13.6. The molecule has 1 aliphatic rings. The lowest BCUT2D eigenvalue weighted by Crippen LogP contribution is -2.17. The molecule has 1 aliphatic carbocycles. The zero-order chi connectivity index (χ0) is 14.9. The quantitative estimate of drug-likeness (QED) is 0.802. The van der Waals surface area contributed by atoms with E-state index in [-0.39, 0.29) is 5.91 Å². The van der Waals surface area contributed by atoms with E-state index in [2.05, 4.69) is 20.5 Å². The van der Waals surface area contributed by atoms with Gasteiger partial charge in [-0.25, -0.2) is 9.67 Å². The Kier molecular flexibility index (Phi) is 3.23. The predicted molar refractivity (Wildman–Crippen MR) is 82.3 cm³/mol. The van der Waals surface area contributed by atoms with Crippen LogP contribution in [-0.2, 0) is 0 Å². The minimum absolute atomic E-state index is 0.234. The van der Waals surface area contributed by atoms with Gasteiger partial charge in [-0.15, -0.1) is 11.3 Å². The van der Waals surface area contributed by atoms with E-state index >= 15 is 0 Å². The van der Waals surface area contributed by atoms with Gasteiger partial charge in [-0.3, -0.25) is 9.48 Å². The number of thiazole rings is 1. The molecule has 0 radical (unpaired) electrons. The van der Waals surface area contributed by atoms with Crippen molar-refractivity contribution >= 4 is 22.9 Å². The summed E-state index contributed by atoms with van der Waals surface area (Å²) in [4.78, 5) is 16.5. The highest BCUT2D eigenvalue weighted by Crippen LogP contribution is 2.31. The molecule has 0 atom stereocenters. The van der Waals surface area contributed by atoms with Crippen LogP contribution in [0.3, 0.4) is 0 Å². The van der Waals surface area contributed by atoms with Crippen LogP contribution in [0.5, 0.6) is 0 Å². The molecule has 1 fully saturated rings. The zero-order valence-electron chi connectivity index (χ0n) is 11.7. The van der Waals surface area contributed by atoms with Crippen molar-refractivity contribution < 1.29 is 4.79 Å². The molecule has 1 amide bonds. The highest BCUT2D eigenvalue weighted by atomic mass is 32.1. The molecule has 3 aromatic heterocycles. The van der Waals surface area contributed by atoms with Crippen molar-refractivity contribution in [1.29, 1.82) is 0 Å². The number of aromatic nitrogens is 5. The van der Waals surface area contributed by atoms with Gasteiger partial charge in [0.25, 0.3) is 5.91 Å². The first-order valence-corrected chi connectivity index (χ1v) is 7.98. The Morgan fingerprint density at radius 1 is 1.36 bits per heavy atom. The minimum atomic E-state index is -0.234. The van der Waals surface area contributed by atoms with E-state index in [1.165, 1.54) is 17.8 Å². The van der Waals surface area contributed by atoms with Crippen molar-refractivity contribution in [2.24, 2.45) is 0 Å². The van der Waals surface area contributed by atoms with Gasteiger partial charge in [0.05, 0.1) is 17.9 Å². The Balaban J connectivity index is 1.46. The first kappa shape index (κ1) is 13.2. The van der Waals surface area contributed by atoms with E-state index in [0.717, 1.165) is 12.8 Å². The molecular formula is C14H14N6OS. The van der Waals surface area contributed by atoms with Crippen molar-refractivity contribution in [3.05, 3.63) is 41.9 Å². The molecule has 3 aromatic rings. The first-order chi connectivity index (χ1) is 10.8. The highest BCUT2D eigenvalue weighted by Gasteiger charge is 2.20. The number of carbonyl (C=O) groups excluding carboxylic acids is 1. The second kappa shape index (κ2) is 5.38. The van der Waals surface area contributed by atoms with Crippen LogP contribution < -0.4 is 5.32 Å². The molecule has 8 heteroatoms. The fraction of sp³-hybridized carbons (Fsp3) is 0.286. The number of nitrogens with zero attached hydrogens (tertiary/aromatic N) is 5. The largest absolute Gasteiger partial charge is 0.318 e. The van der Waals surface area contributed by atoms with Gasteiger partial charge in [0.15, 0.2) is 0 Å². The monoisotopic (exact) mass is 314 g/mol. The van der Waals surface area contributed by atoms with E-state index < -0.39 is 0 Å². The third-order valence-corrected chi connectivity index (χ3v) is 4.56. The summed E-state index contributed by atoms with van der Waals surface area (Å²) < 4.78 is 3.56. The summed E-state index contributed by atoms with van der Waals surface area (Å²) in [6.07, 6.45) is 10.6. The van der Waals surface area contributed by atoms with Crippen LogP contribution in [0, 0.1) is 0 Å². The number of amides is 1. The van der Waals surface area contributed by atoms with Gasteiger partial charge in [0, 0.05) is 24.0 Å². The maximum atomic E-state index is 12.2. The normalized spacial score (nSPS) is 14.7. The van der Waals surface area contributed by atoms with E-state index in [0.29, 0.717) is 22.6 Å².